The lowest BCUT2D eigenvalue weighted by Gasteiger charge is -2.29. The van der Waals surface area contributed by atoms with Crippen LogP contribution in [0.4, 0.5) is 10.1 Å². The monoisotopic (exact) mass is 343 g/mol. The molecule has 1 saturated carbocycles. The molecule has 1 aliphatic carbocycles. The van der Waals surface area contributed by atoms with Crippen molar-refractivity contribution in [1.29, 1.82) is 0 Å². The molecule has 0 aromatic heterocycles. The van der Waals surface area contributed by atoms with Crippen LogP contribution in [0.25, 0.3) is 0 Å². The highest BCUT2D eigenvalue weighted by molar-refractivity contribution is 9.10. The minimum Gasteiger partial charge on any atom is -0.478 e. The summed E-state index contributed by atoms with van der Waals surface area (Å²) in [6, 6.07) is 2.92. The molecule has 5 heteroatoms. The zero-order valence-corrected chi connectivity index (χ0v) is 13.0. The molecule has 110 valence electrons. The molecule has 0 aliphatic heterocycles. The largest absolute Gasteiger partial charge is 0.478 e. The van der Waals surface area contributed by atoms with Crippen LogP contribution in [-0.4, -0.2) is 17.6 Å². The number of nitrogens with one attached hydrogen (secondary N) is 1. The Morgan fingerprint density at radius 1 is 1.45 bits per heavy atom. The number of hydrogen-bond acceptors (Lipinski definition) is 2. The van der Waals surface area contributed by atoms with Gasteiger partial charge in [0.1, 0.15) is 0 Å². The molecule has 0 radical (unpaired) electrons. The van der Waals surface area contributed by atoms with Crippen molar-refractivity contribution >= 4 is 27.6 Å². The quantitative estimate of drug-likeness (QED) is 0.844. The fourth-order valence-corrected chi connectivity index (χ4v) is 3.30. The smallest absolute Gasteiger partial charge is 0.336 e. The van der Waals surface area contributed by atoms with Crippen molar-refractivity contribution in [3.63, 3.8) is 0 Å². The first-order valence-corrected chi connectivity index (χ1v) is 7.75. The number of benzene rings is 1. The van der Waals surface area contributed by atoms with E-state index in [4.69, 9.17) is 5.11 Å². The predicted octanol–water partition coefficient (Wildman–Crippen LogP) is 4.52. The molecular weight excluding hydrogens is 325 g/mol. The summed E-state index contributed by atoms with van der Waals surface area (Å²) >= 11 is 3.01. The zero-order valence-electron chi connectivity index (χ0n) is 11.5. The predicted molar refractivity (Wildman–Crippen MR) is 80.7 cm³/mol. The van der Waals surface area contributed by atoms with E-state index in [2.05, 4.69) is 28.2 Å². The number of carboxylic acid groups (broad SMARTS) is 1. The molecule has 1 aromatic carbocycles. The molecule has 0 spiro atoms. The van der Waals surface area contributed by atoms with E-state index in [1.807, 2.05) is 0 Å². The first-order valence-electron chi connectivity index (χ1n) is 6.96. The molecule has 2 N–H and O–H groups in total. The highest BCUT2D eigenvalue weighted by atomic mass is 79.9. The van der Waals surface area contributed by atoms with Crippen molar-refractivity contribution in [2.45, 2.75) is 32.6 Å². The van der Waals surface area contributed by atoms with E-state index in [1.165, 1.54) is 37.8 Å². The first kappa shape index (κ1) is 15.3. The number of carbonyl (C=O) groups is 1. The van der Waals surface area contributed by atoms with Gasteiger partial charge < -0.3 is 10.4 Å². The van der Waals surface area contributed by atoms with Crippen molar-refractivity contribution in [2.24, 2.45) is 11.8 Å². The molecule has 2 rings (SSSR count). The zero-order chi connectivity index (χ0) is 14.7. The third-order valence-corrected chi connectivity index (χ3v) is 4.93. The maximum absolute atomic E-state index is 14.1. The van der Waals surface area contributed by atoms with Crippen LogP contribution in [0, 0.1) is 17.7 Å². The molecule has 0 heterocycles. The standard InChI is InChI=1S/C15H19BrFNO2/c1-9-4-2-3-5-10(9)8-18-12-7-6-11(15(19)20)13(16)14(12)17/h6-7,9-10,18H,2-5,8H2,1H3,(H,19,20). The Balaban J connectivity index is 2.06. The Morgan fingerprint density at radius 2 is 2.15 bits per heavy atom. The van der Waals surface area contributed by atoms with Gasteiger partial charge in [-0.25, -0.2) is 9.18 Å². The Bertz CT molecular complexity index is 507. The van der Waals surface area contributed by atoms with Crippen LogP contribution in [-0.2, 0) is 0 Å². The third kappa shape index (κ3) is 3.32. The van der Waals surface area contributed by atoms with Gasteiger partial charge in [-0.1, -0.05) is 26.2 Å². The van der Waals surface area contributed by atoms with Crippen LogP contribution in [0.5, 0.6) is 0 Å². The molecule has 0 saturated heterocycles. The van der Waals surface area contributed by atoms with Crippen LogP contribution in [0.1, 0.15) is 43.0 Å². The molecular formula is C15H19BrFNO2. The van der Waals surface area contributed by atoms with E-state index in [0.717, 1.165) is 6.54 Å². The second-order valence-corrected chi connectivity index (χ2v) is 6.29. The maximum Gasteiger partial charge on any atom is 0.336 e. The molecule has 0 amide bonds. The van der Waals surface area contributed by atoms with Crippen LogP contribution < -0.4 is 5.32 Å². The van der Waals surface area contributed by atoms with Crippen LogP contribution in [0.3, 0.4) is 0 Å². The highest BCUT2D eigenvalue weighted by Gasteiger charge is 2.22. The van der Waals surface area contributed by atoms with Gasteiger partial charge in [0, 0.05) is 6.54 Å². The Hall–Kier alpha value is -1.10. The lowest BCUT2D eigenvalue weighted by molar-refractivity contribution is 0.0695. The van der Waals surface area contributed by atoms with Gasteiger partial charge in [-0.05, 0) is 46.3 Å². The fraction of sp³-hybridized carbons (Fsp3) is 0.533. The van der Waals surface area contributed by atoms with E-state index < -0.39 is 11.8 Å². The van der Waals surface area contributed by atoms with Gasteiger partial charge >= 0.3 is 5.97 Å². The summed E-state index contributed by atoms with van der Waals surface area (Å²) in [5.74, 6) is -0.460. The number of hydrogen-bond donors (Lipinski definition) is 2. The van der Waals surface area contributed by atoms with Crippen molar-refractivity contribution < 1.29 is 14.3 Å². The molecule has 2 unspecified atom stereocenters. The van der Waals surface area contributed by atoms with Crippen molar-refractivity contribution in [1.82, 2.24) is 0 Å². The molecule has 1 fully saturated rings. The summed E-state index contributed by atoms with van der Waals surface area (Å²) in [5.41, 5.74) is 0.304. The third-order valence-electron chi connectivity index (χ3n) is 4.16. The van der Waals surface area contributed by atoms with Gasteiger partial charge in [0.2, 0.25) is 0 Å². The summed E-state index contributed by atoms with van der Waals surface area (Å²) in [5, 5.41) is 12.1. The number of aromatic carboxylic acids is 1. The highest BCUT2D eigenvalue weighted by Crippen LogP contribution is 2.31. The SMILES string of the molecule is CC1CCCCC1CNc1ccc(C(=O)O)c(Br)c1F. The molecule has 2 atom stereocenters. The molecule has 3 nitrogen and oxygen atoms in total. The average Bonchev–Trinajstić information content (AvgIpc) is 2.41. The summed E-state index contributed by atoms with van der Waals surface area (Å²) in [6.07, 6.45) is 4.92. The topological polar surface area (TPSA) is 49.3 Å². The first-order chi connectivity index (χ1) is 9.50. The summed E-state index contributed by atoms with van der Waals surface area (Å²) in [7, 11) is 0. The van der Waals surface area contributed by atoms with Gasteiger partial charge in [-0.2, -0.15) is 0 Å². The second kappa shape index (κ2) is 6.57. The number of halogens is 2. The summed E-state index contributed by atoms with van der Waals surface area (Å²) in [4.78, 5) is 10.9. The van der Waals surface area contributed by atoms with Crippen molar-refractivity contribution in [2.75, 3.05) is 11.9 Å². The van der Waals surface area contributed by atoms with Crippen LogP contribution >= 0.6 is 15.9 Å². The lowest BCUT2D eigenvalue weighted by atomic mass is 9.80. The van der Waals surface area contributed by atoms with E-state index in [0.29, 0.717) is 17.5 Å². The number of rotatable bonds is 4. The van der Waals surface area contributed by atoms with Crippen molar-refractivity contribution in [3.8, 4) is 0 Å². The van der Waals surface area contributed by atoms with E-state index in [9.17, 15) is 9.18 Å². The Kier molecular flexibility index (Phi) is 5.02. The van der Waals surface area contributed by atoms with E-state index in [1.54, 1.807) is 0 Å². The summed E-state index contributed by atoms with van der Waals surface area (Å²) < 4.78 is 14.1. The number of carboxylic acids is 1. The van der Waals surface area contributed by atoms with Gasteiger partial charge in [-0.15, -0.1) is 0 Å². The molecule has 20 heavy (non-hydrogen) atoms. The fourth-order valence-electron chi connectivity index (χ4n) is 2.79. The van der Waals surface area contributed by atoms with Gasteiger partial charge in [0.15, 0.2) is 5.82 Å². The minimum absolute atomic E-state index is 0.00620. The number of anilines is 1. The molecule has 0 bridgehead atoms. The van der Waals surface area contributed by atoms with Crippen molar-refractivity contribution in [3.05, 3.63) is 28.0 Å². The van der Waals surface area contributed by atoms with Gasteiger partial charge in [0.25, 0.3) is 0 Å². The normalized spacial score (nSPS) is 22.6. The Morgan fingerprint density at radius 3 is 2.80 bits per heavy atom. The average molecular weight is 344 g/mol. The second-order valence-electron chi connectivity index (χ2n) is 5.50. The summed E-state index contributed by atoms with van der Waals surface area (Å²) in [6.45, 7) is 2.97. The van der Waals surface area contributed by atoms with Crippen LogP contribution in [0.2, 0.25) is 0 Å². The Labute approximate surface area is 126 Å². The van der Waals surface area contributed by atoms with Gasteiger partial charge in [-0.3, -0.25) is 0 Å². The molecule has 1 aromatic rings. The molecule has 1 aliphatic rings. The minimum atomic E-state index is -1.14. The van der Waals surface area contributed by atoms with Gasteiger partial charge in [0.05, 0.1) is 15.7 Å². The van der Waals surface area contributed by atoms with E-state index in [-0.39, 0.29) is 10.0 Å². The maximum atomic E-state index is 14.1. The van der Waals surface area contributed by atoms with E-state index >= 15 is 0 Å². The lowest BCUT2D eigenvalue weighted by Crippen LogP contribution is -2.24. The van der Waals surface area contributed by atoms with Crippen LogP contribution in [0.15, 0.2) is 16.6 Å².